The fraction of sp³-hybridized carbons (Fsp3) is 0.800. The third-order valence-electron chi connectivity index (χ3n) is 2.72. The maximum absolute atomic E-state index is 11.6. The van der Waals surface area contributed by atoms with E-state index in [4.69, 9.17) is 10.8 Å². The van der Waals surface area contributed by atoms with Crippen LogP contribution in [-0.2, 0) is 9.59 Å². The Morgan fingerprint density at radius 1 is 1.47 bits per heavy atom. The molecule has 0 unspecified atom stereocenters. The van der Waals surface area contributed by atoms with Crippen LogP contribution in [0, 0.1) is 5.92 Å². The van der Waals surface area contributed by atoms with Gasteiger partial charge in [-0.2, -0.15) is 0 Å². The molecule has 86 valence electrons. The Morgan fingerprint density at radius 2 is 2.20 bits per heavy atom. The van der Waals surface area contributed by atoms with Crippen LogP contribution in [0.5, 0.6) is 0 Å². The summed E-state index contributed by atoms with van der Waals surface area (Å²) in [4.78, 5) is 24.0. The lowest BCUT2D eigenvalue weighted by atomic mass is 9.98. The maximum Gasteiger partial charge on any atom is 0.308 e. The molecule has 0 aromatic heterocycles. The van der Waals surface area contributed by atoms with Gasteiger partial charge in [0.05, 0.1) is 5.92 Å². The molecule has 1 fully saturated rings. The van der Waals surface area contributed by atoms with Gasteiger partial charge in [0.15, 0.2) is 0 Å². The van der Waals surface area contributed by atoms with E-state index in [0.717, 1.165) is 6.42 Å². The normalized spacial score (nSPS) is 21.4. The van der Waals surface area contributed by atoms with E-state index in [1.807, 2.05) is 0 Å². The molecule has 0 radical (unpaired) electrons. The topological polar surface area (TPSA) is 83.6 Å². The molecule has 1 rings (SSSR count). The minimum atomic E-state index is -0.800. The minimum Gasteiger partial charge on any atom is -0.481 e. The summed E-state index contributed by atoms with van der Waals surface area (Å²) in [5.41, 5.74) is 5.32. The van der Waals surface area contributed by atoms with Gasteiger partial charge in [0.1, 0.15) is 0 Å². The number of carbonyl (C=O) groups is 2. The Bertz CT molecular complexity index is 243. The summed E-state index contributed by atoms with van der Waals surface area (Å²) in [7, 11) is 0. The number of nitrogens with zero attached hydrogens (tertiary/aromatic N) is 1. The van der Waals surface area contributed by atoms with Crippen LogP contribution in [0.4, 0.5) is 0 Å². The molecule has 1 heterocycles. The zero-order valence-corrected chi connectivity index (χ0v) is 8.82. The Morgan fingerprint density at radius 3 is 2.80 bits per heavy atom. The number of carboxylic acids is 1. The fourth-order valence-corrected chi connectivity index (χ4v) is 1.82. The Kier molecular flexibility index (Phi) is 4.55. The highest BCUT2D eigenvalue weighted by atomic mass is 16.4. The molecule has 0 aromatic carbocycles. The molecule has 0 aromatic rings. The molecule has 15 heavy (non-hydrogen) atoms. The summed E-state index contributed by atoms with van der Waals surface area (Å²) in [5.74, 6) is -1.15. The summed E-state index contributed by atoms with van der Waals surface area (Å²) in [6.45, 7) is 1.55. The highest BCUT2D eigenvalue weighted by Crippen LogP contribution is 2.17. The van der Waals surface area contributed by atoms with Crippen LogP contribution in [0.15, 0.2) is 0 Å². The minimum absolute atomic E-state index is 0.0337. The zero-order chi connectivity index (χ0) is 11.3. The van der Waals surface area contributed by atoms with Gasteiger partial charge in [-0.15, -0.1) is 0 Å². The Labute approximate surface area is 89.2 Å². The molecule has 5 nitrogen and oxygen atoms in total. The van der Waals surface area contributed by atoms with Crippen LogP contribution in [-0.4, -0.2) is 41.5 Å². The number of aliphatic carboxylic acids is 1. The van der Waals surface area contributed by atoms with Crippen molar-refractivity contribution in [1.29, 1.82) is 0 Å². The van der Waals surface area contributed by atoms with E-state index in [1.165, 1.54) is 0 Å². The summed E-state index contributed by atoms with van der Waals surface area (Å²) in [6.07, 6.45) is 2.57. The van der Waals surface area contributed by atoms with Gasteiger partial charge in [0, 0.05) is 19.5 Å². The Balaban J connectivity index is 2.41. The van der Waals surface area contributed by atoms with E-state index in [2.05, 4.69) is 0 Å². The number of likely N-dealkylation sites (tertiary alicyclic amines) is 1. The van der Waals surface area contributed by atoms with Crippen LogP contribution >= 0.6 is 0 Å². The van der Waals surface area contributed by atoms with E-state index in [-0.39, 0.29) is 11.8 Å². The first kappa shape index (κ1) is 12.0. The molecule has 1 aliphatic heterocycles. The van der Waals surface area contributed by atoms with Gasteiger partial charge in [-0.3, -0.25) is 9.59 Å². The van der Waals surface area contributed by atoms with Crippen molar-refractivity contribution < 1.29 is 14.7 Å². The van der Waals surface area contributed by atoms with Crippen molar-refractivity contribution in [3.8, 4) is 0 Å². The van der Waals surface area contributed by atoms with Crippen LogP contribution in [0.1, 0.15) is 25.7 Å². The molecule has 0 spiro atoms. The predicted molar refractivity (Wildman–Crippen MR) is 55.2 cm³/mol. The fourth-order valence-electron chi connectivity index (χ4n) is 1.82. The van der Waals surface area contributed by atoms with Crippen molar-refractivity contribution in [2.75, 3.05) is 19.6 Å². The van der Waals surface area contributed by atoms with Crippen LogP contribution in [0.25, 0.3) is 0 Å². The second-order valence-corrected chi connectivity index (χ2v) is 3.91. The molecule has 1 amide bonds. The van der Waals surface area contributed by atoms with Gasteiger partial charge in [-0.25, -0.2) is 0 Å². The molecular formula is C10H18N2O3. The molecule has 3 N–H and O–H groups in total. The molecule has 1 aliphatic rings. The molecule has 0 bridgehead atoms. The average molecular weight is 214 g/mol. The van der Waals surface area contributed by atoms with Crippen molar-refractivity contribution >= 4 is 11.9 Å². The number of carbonyl (C=O) groups excluding carboxylic acids is 1. The number of nitrogens with two attached hydrogens (primary N) is 1. The number of amides is 1. The molecule has 0 saturated carbocycles. The van der Waals surface area contributed by atoms with Crippen LogP contribution in [0.3, 0.4) is 0 Å². The molecule has 1 atom stereocenters. The van der Waals surface area contributed by atoms with Crippen LogP contribution < -0.4 is 5.73 Å². The highest BCUT2D eigenvalue weighted by molar-refractivity contribution is 5.78. The standard InChI is InChI=1S/C10H18N2O3/c11-5-1-4-9(13)12-6-2-3-8(7-12)10(14)15/h8H,1-7,11H2,(H,14,15)/t8-/m1/s1. The van der Waals surface area contributed by atoms with Crippen molar-refractivity contribution in [3.63, 3.8) is 0 Å². The van der Waals surface area contributed by atoms with Crippen molar-refractivity contribution in [2.45, 2.75) is 25.7 Å². The Hall–Kier alpha value is -1.10. The van der Waals surface area contributed by atoms with Gasteiger partial charge >= 0.3 is 5.97 Å². The highest BCUT2D eigenvalue weighted by Gasteiger charge is 2.27. The third kappa shape index (κ3) is 3.51. The molecule has 0 aliphatic carbocycles. The van der Waals surface area contributed by atoms with E-state index in [0.29, 0.717) is 38.9 Å². The lowest BCUT2D eigenvalue weighted by molar-refractivity contribution is -0.145. The molecular weight excluding hydrogens is 196 g/mol. The first-order valence-electron chi connectivity index (χ1n) is 5.35. The summed E-state index contributed by atoms with van der Waals surface area (Å²) in [6, 6.07) is 0. The lowest BCUT2D eigenvalue weighted by Crippen LogP contribution is -2.42. The SMILES string of the molecule is NCCCC(=O)N1CCC[C@@H](C(=O)O)C1. The monoisotopic (exact) mass is 214 g/mol. The first-order chi connectivity index (χ1) is 7.15. The van der Waals surface area contributed by atoms with E-state index >= 15 is 0 Å². The van der Waals surface area contributed by atoms with Crippen molar-refractivity contribution in [2.24, 2.45) is 11.7 Å². The predicted octanol–water partition coefficient (Wildman–Crippen LogP) is 0.0485. The second kappa shape index (κ2) is 5.70. The van der Waals surface area contributed by atoms with Crippen molar-refractivity contribution in [3.05, 3.63) is 0 Å². The van der Waals surface area contributed by atoms with Gasteiger partial charge in [0.25, 0.3) is 0 Å². The zero-order valence-electron chi connectivity index (χ0n) is 8.82. The summed E-state index contributed by atoms with van der Waals surface area (Å²) in [5, 5.41) is 8.86. The smallest absolute Gasteiger partial charge is 0.308 e. The average Bonchev–Trinajstić information content (AvgIpc) is 2.26. The van der Waals surface area contributed by atoms with Gasteiger partial charge in [-0.1, -0.05) is 0 Å². The maximum atomic E-state index is 11.6. The number of hydrogen-bond donors (Lipinski definition) is 2. The van der Waals surface area contributed by atoms with E-state index < -0.39 is 5.97 Å². The van der Waals surface area contributed by atoms with Crippen LogP contribution in [0.2, 0.25) is 0 Å². The van der Waals surface area contributed by atoms with Gasteiger partial charge in [-0.05, 0) is 25.8 Å². The quantitative estimate of drug-likeness (QED) is 0.692. The van der Waals surface area contributed by atoms with Gasteiger partial charge in [0.2, 0.25) is 5.91 Å². The largest absolute Gasteiger partial charge is 0.481 e. The number of hydrogen-bond acceptors (Lipinski definition) is 3. The number of carboxylic acid groups (broad SMARTS) is 1. The van der Waals surface area contributed by atoms with Gasteiger partial charge < -0.3 is 15.7 Å². The summed E-state index contributed by atoms with van der Waals surface area (Å²) >= 11 is 0. The lowest BCUT2D eigenvalue weighted by Gasteiger charge is -2.30. The second-order valence-electron chi connectivity index (χ2n) is 3.91. The van der Waals surface area contributed by atoms with E-state index in [9.17, 15) is 9.59 Å². The first-order valence-corrected chi connectivity index (χ1v) is 5.35. The third-order valence-corrected chi connectivity index (χ3v) is 2.72. The van der Waals surface area contributed by atoms with E-state index in [1.54, 1.807) is 4.90 Å². The molecule has 5 heteroatoms. The molecule has 1 saturated heterocycles. The number of rotatable bonds is 4. The number of piperidine rings is 1. The van der Waals surface area contributed by atoms with Crippen molar-refractivity contribution in [1.82, 2.24) is 4.90 Å². The summed E-state index contributed by atoms with van der Waals surface area (Å²) < 4.78 is 0.